The fourth-order valence-electron chi connectivity index (χ4n) is 4.12. The second-order valence-electron chi connectivity index (χ2n) is 7.87. The molecule has 174 valence electrons. The third kappa shape index (κ3) is 4.32. The van der Waals surface area contributed by atoms with E-state index in [0.717, 1.165) is 12.1 Å². The molecule has 1 aliphatic rings. The van der Waals surface area contributed by atoms with Gasteiger partial charge in [-0.1, -0.05) is 0 Å². The lowest BCUT2D eigenvalue weighted by atomic mass is 9.95. The molecule has 4 N–H and O–H groups in total. The van der Waals surface area contributed by atoms with Gasteiger partial charge in [0.1, 0.15) is 35.2 Å². The van der Waals surface area contributed by atoms with Crippen LogP contribution >= 0.6 is 0 Å². The summed E-state index contributed by atoms with van der Waals surface area (Å²) in [4.78, 5) is 26.2. The van der Waals surface area contributed by atoms with E-state index in [9.17, 15) is 22.4 Å². The molecule has 1 amide bonds. The van der Waals surface area contributed by atoms with E-state index in [1.54, 1.807) is 17.8 Å². The van der Waals surface area contributed by atoms with Gasteiger partial charge in [0.2, 0.25) is 0 Å². The first-order chi connectivity index (χ1) is 15.6. The number of nitrogen functional groups attached to an aromatic ring is 1. The monoisotopic (exact) mass is 463 g/mol. The largest absolute Gasteiger partial charge is 0.419 e. The Morgan fingerprint density at radius 2 is 1.88 bits per heavy atom. The van der Waals surface area contributed by atoms with Crippen molar-refractivity contribution in [3.8, 4) is 11.3 Å². The molecule has 2 aromatic heterocycles. The molecule has 0 unspecified atom stereocenters. The Hall–Kier alpha value is -3.70. The third-order valence-corrected chi connectivity index (χ3v) is 5.74. The van der Waals surface area contributed by atoms with E-state index in [1.807, 2.05) is 4.90 Å². The minimum absolute atomic E-state index is 0.0147. The number of carbonyl (C=O) groups is 1. The molecule has 0 saturated carbocycles. The summed E-state index contributed by atoms with van der Waals surface area (Å²) in [5.41, 5.74) is 10.5. The van der Waals surface area contributed by atoms with Crippen LogP contribution in [0.1, 0.15) is 40.5 Å². The summed E-state index contributed by atoms with van der Waals surface area (Å²) in [6, 6.07) is 2.85. The van der Waals surface area contributed by atoms with Crippen LogP contribution in [0.2, 0.25) is 0 Å². The summed E-state index contributed by atoms with van der Waals surface area (Å²) >= 11 is 0. The normalized spacial score (nSPS) is 15.1. The number of halogens is 4. The van der Waals surface area contributed by atoms with Crippen molar-refractivity contribution < 1.29 is 22.4 Å². The molecule has 33 heavy (non-hydrogen) atoms. The second-order valence-corrected chi connectivity index (χ2v) is 7.87. The van der Waals surface area contributed by atoms with Crippen molar-refractivity contribution in [1.29, 1.82) is 0 Å². The van der Waals surface area contributed by atoms with Gasteiger partial charge in [-0.2, -0.15) is 13.2 Å². The lowest BCUT2D eigenvalue weighted by Gasteiger charge is -2.33. The number of hydrogen-bond acceptors (Lipinski definition) is 6. The first kappa shape index (κ1) is 22.5. The summed E-state index contributed by atoms with van der Waals surface area (Å²) in [5.74, 6) is -0.911. The Morgan fingerprint density at radius 3 is 2.52 bits per heavy atom. The van der Waals surface area contributed by atoms with Gasteiger partial charge in [0.25, 0.3) is 5.91 Å². The maximum atomic E-state index is 13.6. The number of piperidine rings is 1. The highest BCUT2D eigenvalue weighted by Gasteiger charge is 2.34. The van der Waals surface area contributed by atoms with Gasteiger partial charge in [0, 0.05) is 37.8 Å². The Morgan fingerprint density at radius 1 is 1.18 bits per heavy atom. The lowest BCUT2D eigenvalue weighted by molar-refractivity contribution is -0.139. The average Bonchev–Trinajstić information content (AvgIpc) is 3.14. The molecule has 0 bridgehead atoms. The number of carbonyl (C=O) groups excluding carboxylic acids is 1. The summed E-state index contributed by atoms with van der Waals surface area (Å²) < 4.78 is 54.7. The van der Waals surface area contributed by atoms with Crippen molar-refractivity contribution in [3.05, 3.63) is 53.5 Å². The molecular weight excluding hydrogens is 442 g/mol. The molecule has 3 aromatic rings. The summed E-state index contributed by atoms with van der Waals surface area (Å²) in [7, 11) is 1.77. The number of primary amides is 1. The predicted octanol–water partition coefficient (Wildman–Crippen LogP) is 3.10. The number of amides is 1. The van der Waals surface area contributed by atoms with E-state index >= 15 is 0 Å². The fraction of sp³-hybridized carbons (Fsp3) is 0.333. The van der Waals surface area contributed by atoms with Gasteiger partial charge < -0.3 is 20.9 Å². The second kappa shape index (κ2) is 8.34. The number of hydrogen-bond donors (Lipinski definition) is 2. The maximum Gasteiger partial charge on any atom is 0.419 e. The lowest BCUT2D eigenvalue weighted by Crippen LogP contribution is -2.36. The predicted molar refractivity (Wildman–Crippen MR) is 113 cm³/mol. The van der Waals surface area contributed by atoms with Gasteiger partial charge in [0.05, 0.1) is 11.3 Å². The first-order valence-electron chi connectivity index (χ1n) is 10.1. The molecule has 1 fully saturated rings. The van der Waals surface area contributed by atoms with Crippen molar-refractivity contribution in [1.82, 2.24) is 19.5 Å². The zero-order valence-electron chi connectivity index (χ0n) is 17.6. The number of anilines is 2. The number of aromatic nitrogens is 4. The van der Waals surface area contributed by atoms with Gasteiger partial charge in [-0.25, -0.2) is 19.3 Å². The average molecular weight is 463 g/mol. The maximum absolute atomic E-state index is 13.6. The van der Waals surface area contributed by atoms with E-state index in [-0.39, 0.29) is 22.9 Å². The molecule has 1 aromatic carbocycles. The van der Waals surface area contributed by atoms with Crippen molar-refractivity contribution in [3.63, 3.8) is 0 Å². The number of aryl methyl sites for hydroxylation is 1. The zero-order chi connectivity index (χ0) is 23.9. The number of alkyl halides is 3. The number of nitrogens with zero attached hydrogens (tertiary/aromatic N) is 5. The summed E-state index contributed by atoms with van der Waals surface area (Å²) in [6.45, 7) is 1.08. The molecular formula is C21H21F4N7O. The number of rotatable bonds is 4. The van der Waals surface area contributed by atoms with Crippen molar-refractivity contribution in [2.75, 3.05) is 23.7 Å². The van der Waals surface area contributed by atoms with Crippen LogP contribution in [-0.4, -0.2) is 38.5 Å². The quantitative estimate of drug-likeness (QED) is 0.575. The van der Waals surface area contributed by atoms with E-state index in [2.05, 4.69) is 15.0 Å². The molecule has 0 radical (unpaired) electrons. The van der Waals surface area contributed by atoms with Crippen LogP contribution in [-0.2, 0) is 13.2 Å². The zero-order valence-corrected chi connectivity index (χ0v) is 17.6. The Labute approximate surface area is 186 Å². The molecule has 0 spiro atoms. The SMILES string of the molecule is Cn1cc(-c2ccc(F)c(C(F)(F)F)c2)nc1C1CCN(c2ncnc(N)c2C(N)=O)CC1. The van der Waals surface area contributed by atoms with Crippen LogP contribution in [0.5, 0.6) is 0 Å². The summed E-state index contributed by atoms with van der Waals surface area (Å²) in [5, 5.41) is 0. The minimum Gasteiger partial charge on any atom is -0.383 e. The number of benzene rings is 1. The van der Waals surface area contributed by atoms with Gasteiger partial charge in [-0.15, -0.1) is 0 Å². The Balaban J connectivity index is 1.55. The van der Waals surface area contributed by atoms with Crippen LogP contribution < -0.4 is 16.4 Å². The molecule has 0 aliphatic carbocycles. The fourth-order valence-corrected chi connectivity index (χ4v) is 4.12. The molecule has 0 atom stereocenters. The molecule has 1 aliphatic heterocycles. The van der Waals surface area contributed by atoms with Gasteiger partial charge >= 0.3 is 6.18 Å². The standard InChI is InChI=1S/C21H21F4N7O/c1-31-9-15(12-2-3-14(22)13(8-12)21(23,24)25)30-19(31)11-4-6-32(7-5-11)20-16(18(27)33)17(26)28-10-29-20/h2-3,8-11H,4-7H2,1H3,(H2,27,33)(H2,26,28,29). The molecule has 8 nitrogen and oxygen atoms in total. The number of nitrogens with two attached hydrogens (primary N) is 2. The van der Waals surface area contributed by atoms with Gasteiger partial charge in [0.15, 0.2) is 0 Å². The first-order valence-corrected chi connectivity index (χ1v) is 10.1. The third-order valence-electron chi connectivity index (χ3n) is 5.74. The van der Waals surface area contributed by atoms with Crippen LogP contribution in [0.3, 0.4) is 0 Å². The van der Waals surface area contributed by atoms with Crippen molar-refractivity contribution in [2.24, 2.45) is 12.8 Å². The van der Waals surface area contributed by atoms with Crippen LogP contribution in [0, 0.1) is 5.82 Å². The molecule has 3 heterocycles. The van der Waals surface area contributed by atoms with Crippen LogP contribution in [0.25, 0.3) is 11.3 Å². The van der Waals surface area contributed by atoms with E-state index in [1.165, 1.54) is 12.4 Å². The van der Waals surface area contributed by atoms with Gasteiger partial charge in [-0.3, -0.25) is 4.79 Å². The smallest absolute Gasteiger partial charge is 0.383 e. The molecule has 12 heteroatoms. The molecule has 4 rings (SSSR count). The van der Waals surface area contributed by atoms with Gasteiger partial charge in [-0.05, 0) is 31.0 Å². The molecule has 1 saturated heterocycles. The van der Waals surface area contributed by atoms with E-state index < -0.39 is 23.5 Å². The van der Waals surface area contributed by atoms with Crippen molar-refractivity contribution in [2.45, 2.75) is 24.9 Å². The number of imidazole rings is 1. The van der Waals surface area contributed by atoms with E-state index in [0.29, 0.717) is 43.3 Å². The topological polar surface area (TPSA) is 116 Å². The van der Waals surface area contributed by atoms with Crippen LogP contribution in [0.4, 0.5) is 29.2 Å². The van der Waals surface area contributed by atoms with E-state index in [4.69, 9.17) is 11.5 Å². The highest BCUT2D eigenvalue weighted by molar-refractivity contribution is 6.01. The highest BCUT2D eigenvalue weighted by Crippen LogP contribution is 2.36. The Bertz CT molecular complexity index is 1200. The Kier molecular flexibility index (Phi) is 5.68. The minimum atomic E-state index is -4.79. The highest BCUT2D eigenvalue weighted by atomic mass is 19.4. The summed E-state index contributed by atoms with van der Waals surface area (Å²) in [6.07, 6.45) is -0.580. The van der Waals surface area contributed by atoms with Crippen molar-refractivity contribution >= 4 is 17.5 Å². The van der Waals surface area contributed by atoms with Crippen LogP contribution in [0.15, 0.2) is 30.7 Å².